The third-order valence-corrected chi connectivity index (χ3v) is 7.56. The van der Waals surface area contributed by atoms with Crippen molar-refractivity contribution >= 4 is 44.3 Å². The molecular weight excluding hydrogens is 500 g/mol. The van der Waals surface area contributed by atoms with Gasteiger partial charge in [-0.1, -0.05) is 97.1 Å². The molecule has 4 aromatic rings. The largest absolute Gasteiger partial charge is 0.353 e. The van der Waals surface area contributed by atoms with Gasteiger partial charge in [0.2, 0.25) is 0 Å². The SMILES string of the molecule is C1=CC=C2Nc3ccc4ccccc4c3-c3c(ccc4ccccc34)NC3=CC=CC=CC3=NCCCN=C2C=C1. The number of nitrogens with one attached hydrogen (secondary N) is 2. The maximum atomic E-state index is 5.00. The topological polar surface area (TPSA) is 48.8 Å². The van der Waals surface area contributed by atoms with Gasteiger partial charge in [0.25, 0.3) is 0 Å². The molecule has 41 heavy (non-hydrogen) atoms. The average Bonchev–Trinajstić information content (AvgIpc) is 3.37. The van der Waals surface area contributed by atoms with Gasteiger partial charge in [-0.2, -0.15) is 0 Å². The Morgan fingerprint density at radius 1 is 0.488 bits per heavy atom. The van der Waals surface area contributed by atoms with E-state index in [1.807, 2.05) is 24.3 Å². The van der Waals surface area contributed by atoms with Crippen LogP contribution in [0, 0.1) is 0 Å². The van der Waals surface area contributed by atoms with Crippen molar-refractivity contribution in [1.82, 2.24) is 0 Å². The number of fused-ring (bicyclic) bond motifs is 9. The number of nitrogens with zero attached hydrogens (tertiary/aromatic N) is 2. The molecule has 0 amide bonds. The van der Waals surface area contributed by atoms with Crippen LogP contribution in [-0.4, -0.2) is 24.5 Å². The molecule has 1 aliphatic heterocycles. The van der Waals surface area contributed by atoms with Crippen molar-refractivity contribution in [1.29, 1.82) is 0 Å². The molecule has 2 aliphatic carbocycles. The van der Waals surface area contributed by atoms with Gasteiger partial charge in [0, 0.05) is 35.6 Å². The van der Waals surface area contributed by atoms with Crippen LogP contribution in [0.5, 0.6) is 0 Å². The van der Waals surface area contributed by atoms with Crippen LogP contribution >= 0.6 is 0 Å². The molecule has 7 rings (SSSR count). The molecule has 0 unspecified atom stereocenters. The summed E-state index contributed by atoms with van der Waals surface area (Å²) in [6, 6.07) is 26.0. The van der Waals surface area contributed by atoms with E-state index in [-0.39, 0.29) is 0 Å². The maximum Gasteiger partial charge on any atom is 0.0809 e. The number of hydrogen-bond acceptors (Lipinski definition) is 4. The van der Waals surface area contributed by atoms with Crippen molar-refractivity contribution in [2.45, 2.75) is 6.42 Å². The van der Waals surface area contributed by atoms with E-state index in [2.05, 4.69) is 120 Å². The molecule has 0 saturated carbocycles. The van der Waals surface area contributed by atoms with E-state index in [0.29, 0.717) is 13.1 Å². The third kappa shape index (κ3) is 4.96. The summed E-state index contributed by atoms with van der Waals surface area (Å²) in [5.41, 5.74) is 8.18. The quantitative estimate of drug-likeness (QED) is 0.239. The van der Waals surface area contributed by atoms with E-state index in [4.69, 9.17) is 9.98 Å². The first-order valence-electron chi connectivity index (χ1n) is 14.1. The lowest BCUT2D eigenvalue weighted by molar-refractivity contribution is 0.847. The molecule has 0 radical (unpaired) electrons. The van der Waals surface area contributed by atoms with E-state index < -0.39 is 0 Å². The lowest BCUT2D eigenvalue weighted by Crippen LogP contribution is -2.12. The third-order valence-electron chi connectivity index (χ3n) is 7.56. The Bertz CT molecular complexity index is 1770. The Morgan fingerprint density at radius 3 is 1.49 bits per heavy atom. The molecule has 4 heteroatoms. The normalized spacial score (nSPS) is 16.6. The van der Waals surface area contributed by atoms with Gasteiger partial charge >= 0.3 is 0 Å². The van der Waals surface area contributed by atoms with E-state index in [1.54, 1.807) is 0 Å². The number of hydrogen-bond donors (Lipinski definition) is 2. The predicted octanol–water partition coefficient (Wildman–Crippen LogP) is 8.79. The molecule has 0 bridgehead atoms. The fourth-order valence-electron chi connectivity index (χ4n) is 5.61. The zero-order valence-corrected chi connectivity index (χ0v) is 22.7. The monoisotopic (exact) mass is 530 g/mol. The Labute approximate surface area is 240 Å². The standard InChI is InChI=1S/C37H30N4/c1-3-16-30-32(18-5-1)40-34-22-20-26-12-7-9-14-28(26)36(34)37-29-15-10-8-13-27(29)21-23-35(37)41-33-19-6-2-4-17-31(33)39-25-11-24-38-30/h1-10,12-23,40-41H,11,24-25H2. The minimum absolute atomic E-state index is 0.694. The van der Waals surface area contributed by atoms with Crippen LogP contribution in [0.1, 0.15) is 6.42 Å². The average molecular weight is 531 g/mol. The highest BCUT2D eigenvalue weighted by Crippen LogP contribution is 2.44. The van der Waals surface area contributed by atoms with Gasteiger partial charge in [-0.3, -0.25) is 9.98 Å². The molecule has 3 aliphatic rings. The van der Waals surface area contributed by atoms with Gasteiger partial charge in [0.05, 0.1) is 22.8 Å². The van der Waals surface area contributed by atoms with E-state index in [1.165, 1.54) is 21.5 Å². The lowest BCUT2D eigenvalue weighted by atomic mass is 9.90. The fraction of sp³-hybridized carbons (Fsp3) is 0.0811. The minimum atomic E-state index is 0.694. The van der Waals surface area contributed by atoms with E-state index in [0.717, 1.165) is 51.7 Å². The first kappa shape index (κ1) is 24.8. The Balaban J connectivity index is 1.55. The molecular formula is C37H30N4. The second-order valence-corrected chi connectivity index (χ2v) is 10.2. The van der Waals surface area contributed by atoms with Gasteiger partial charge in [-0.05, 0) is 64.4 Å². The second kappa shape index (κ2) is 11.1. The van der Waals surface area contributed by atoms with Gasteiger partial charge in [-0.15, -0.1) is 0 Å². The summed E-state index contributed by atoms with van der Waals surface area (Å²) in [7, 11) is 0. The summed E-state index contributed by atoms with van der Waals surface area (Å²) in [5, 5.41) is 12.4. The number of aliphatic imine (C=N–C) groups is 2. The lowest BCUT2D eigenvalue weighted by Gasteiger charge is -2.22. The van der Waals surface area contributed by atoms with Crippen molar-refractivity contribution < 1.29 is 0 Å². The van der Waals surface area contributed by atoms with Crippen LogP contribution in [0.3, 0.4) is 0 Å². The van der Waals surface area contributed by atoms with Gasteiger partial charge in [0.15, 0.2) is 0 Å². The predicted molar refractivity (Wildman–Crippen MR) is 176 cm³/mol. The van der Waals surface area contributed by atoms with E-state index in [9.17, 15) is 0 Å². The van der Waals surface area contributed by atoms with E-state index >= 15 is 0 Å². The molecule has 0 aromatic heterocycles. The maximum absolute atomic E-state index is 5.00. The minimum Gasteiger partial charge on any atom is -0.353 e. The van der Waals surface area contributed by atoms with Crippen LogP contribution in [0.2, 0.25) is 0 Å². The fourth-order valence-corrected chi connectivity index (χ4v) is 5.61. The molecule has 4 nitrogen and oxygen atoms in total. The Hall–Kier alpha value is -5.22. The van der Waals surface area contributed by atoms with Crippen molar-refractivity contribution in [2.75, 3.05) is 23.7 Å². The highest BCUT2D eigenvalue weighted by Gasteiger charge is 2.20. The van der Waals surface area contributed by atoms with Gasteiger partial charge in [0.1, 0.15) is 0 Å². The molecule has 198 valence electrons. The molecule has 0 spiro atoms. The smallest absolute Gasteiger partial charge is 0.0809 e. The van der Waals surface area contributed by atoms with Crippen LogP contribution in [0.15, 0.2) is 155 Å². The summed E-state index contributed by atoms with van der Waals surface area (Å²) >= 11 is 0. The number of allylic oxidation sites excluding steroid dienone is 10. The molecule has 2 N–H and O–H groups in total. The van der Waals surface area contributed by atoms with Crippen LogP contribution in [-0.2, 0) is 0 Å². The van der Waals surface area contributed by atoms with Gasteiger partial charge < -0.3 is 10.6 Å². The first-order valence-corrected chi connectivity index (χ1v) is 14.1. The first-order chi connectivity index (χ1) is 20.3. The number of anilines is 2. The molecule has 0 fully saturated rings. The Kier molecular flexibility index (Phi) is 6.72. The number of rotatable bonds is 0. The van der Waals surface area contributed by atoms with Crippen LogP contribution in [0.4, 0.5) is 11.4 Å². The molecule has 1 heterocycles. The van der Waals surface area contributed by atoms with Crippen molar-refractivity contribution in [2.24, 2.45) is 9.98 Å². The van der Waals surface area contributed by atoms with Crippen LogP contribution in [0.25, 0.3) is 32.7 Å². The Morgan fingerprint density at radius 2 is 0.976 bits per heavy atom. The van der Waals surface area contributed by atoms with Crippen molar-refractivity contribution in [3.05, 3.63) is 145 Å². The summed E-state index contributed by atoms with van der Waals surface area (Å²) in [6.07, 6.45) is 21.6. The van der Waals surface area contributed by atoms with Crippen molar-refractivity contribution in [3.63, 3.8) is 0 Å². The van der Waals surface area contributed by atoms with Gasteiger partial charge in [-0.25, -0.2) is 0 Å². The van der Waals surface area contributed by atoms with Crippen molar-refractivity contribution in [3.8, 4) is 11.1 Å². The summed E-state index contributed by atoms with van der Waals surface area (Å²) in [4.78, 5) is 10.00. The van der Waals surface area contributed by atoms with Crippen LogP contribution < -0.4 is 10.6 Å². The highest BCUT2D eigenvalue weighted by atomic mass is 14.9. The summed E-state index contributed by atoms with van der Waals surface area (Å²) < 4.78 is 0. The number of benzene rings is 4. The highest BCUT2D eigenvalue weighted by molar-refractivity contribution is 6.18. The zero-order valence-electron chi connectivity index (χ0n) is 22.7. The summed E-state index contributed by atoms with van der Waals surface area (Å²) in [5.74, 6) is 0. The zero-order chi connectivity index (χ0) is 27.4. The molecule has 0 saturated heterocycles. The second-order valence-electron chi connectivity index (χ2n) is 10.2. The summed E-state index contributed by atoms with van der Waals surface area (Å²) in [6.45, 7) is 1.39. The molecule has 4 aromatic carbocycles. The molecule has 0 atom stereocenters.